The van der Waals surface area contributed by atoms with Crippen LogP contribution in [0.3, 0.4) is 0 Å². The van der Waals surface area contributed by atoms with E-state index in [4.69, 9.17) is 15.0 Å². The predicted octanol–water partition coefficient (Wildman–Crippen LogP) is 14.4. The Hall–Kier alpha value is -8.41. The van der Waals surface area contributed by atoms with Gasteiger partial charge < -0.3 is 4.57 Å². The van der Waals surface area contributed by atoms with Gasteiger partial charge in [-0.25, -0.2) is 4.98 Å². The fourth-order valence-corrected chi connectivity index (χ4v) is 9.21. The van der Waals surface area contributed by atoms with Gasteiger partial charge in [-0.3, -0.25) is 4.57 Å². The van der Waals surface area contributed by atoms with E-state index >= 15 is 0 Å². The van der Waals surface area contributed by atoms with Gasteiger partial charge in [0.15, 0.2) is 11.6 Å². The van der Waals surface area contributed by atoms with Crippen LogP contribution in [0.4, 0.5) is 0 Å². The van der Waals surface area contributed by atoms with Gasteiger partial charge in [-0.2, -0.15) is 9.97 Å². The number of benzene rings is 9. The summed E-state index contributed by atoms with van der Waals surface area (Å²) < 4.78 is 4.70. The van der Waals surface area contributed by atoms with Crippen LogP contribution in [-0.2, 0) is 0 Å². The highest BCUT2D eigenvalue weighted by Crippen LogP contribution is 2.45. The van der Waals surface area contributed by atoms with Crippen molar-refractivity contribution in [3.63, 3.8) is 0 Å². The second-order valence-electron chi connectivity index (χ2n) is 15.6. The van der Waals surface area contributed by atoms with Crippen LogP contribution in [0.25, 0.3) is 111 Å². The third-order valence-electron chi connectivity index (χ3n) is 12.0. The van der Waals surface area contributed by atoms with Crippen LogP contribution in [0.15, 0.2) is 224 Å². The number of rotatable bonds is 7. The van der Waals surface area contributed by atoms with Gasteiger partial charge >= 0.3 is 0 Å². The molecule has 9 aromatic carbocycles. The van der Waals surface area contributed by atoms with Gasteiger partial charge in [-0.05, 0) is 58.1 Å². The number of aromatic nitrogens is 5. The number of nitrogens with zero attached hydrogens (tertiary/aromatic N) is 5. The lowest BCUT2D eigenvalue weighted by molar-refractivity contribution is 0.953. The van der Waals surface area contributed by atoms with Crippen LogP contribution in [0.2, 0.25) is 0 Å². The number of fused-ring (bicyclic) bond motifs is 7. The summed E-state index contributed by atoms with van der Waals surface area (Å²) in [7, 11) is 0. The van der Waals surface area contributed by atoms with Crippen LogP contribution >= 0.6 is 0 Å². The zero-order valence-corrected chi connectivity index (χ0v) is 33.6. The summed E-state index contributed by atoms with van der Waals surface area (Å²) in [5, 5.41) is 4.63. The zero-order valence-electron chi connectivity index (χ0n) is 33.6. The molecule has 0 saturated heterocycles. The van der Waals surface area contributed by atoms with Gasteiger partial charge in [-0.15, -0.1) is 0 Å². The van der Waals surface area contributed by atoms with Crippen molar-refractivity contribution in [3.8, 4) is 67.8 Å². The molecule has 0 aliphatic heterocycles. The molecule has 5 nitrogen and oxygen atoms in total. The Morgan fingerprint density at radius 2 is 0.823 bits per heavy atom. The molecule has 12 rings (SSSR count). The molecule has 5 heteroatoms. The van der Waals surface area contributed by atoms with E-state index in [0.717, 1.165) is 55.2 Å². The third kappa shape index (κ3) is 5.82. The lowest BCUT2D eigenvalue weighted by atomic mass is 9.90. The van der Waals surface area contributed by atoms with Crippen molar-refractivity contribution in [2.75, 3.05) is 0 Å². The molecule has 0 N–H and O–H groups in total. The summed E-state index contributed by atoms with van der Waals surface area (Å²) in [6.45, 7) is 0. The Morgan fingerprint density at radius 1 is 0.290 bits per heavy atom. The minimum Gasteiger partial charge on any atom is -0.308 e. The van der Waals surface area contributed by atoms with E-state index in [-0.39, 0.29) is 0 Å². The zero-order chi connectivity index (χ0) is 41.0. The molecule has 0 unspecified atom stereocenters. The largest absolute Gasteiger partial charge is 0.308 e. The molecular weight excluding hydrogens is 755 g/mol. The Bertz CT molecular complexity index is 3550. The molecule has 3 aromatic heterocycles. The van der Waals surface area contributed by atoms with Gasteiger partial charge in [0.25, 0.3) is 0 Å². The molecule has 3 heterocycles. The number of hydrogen-bond acceptors (Lipinski definition) is 3. The topological polar surface area (TPSA) is 48.5 Å². The number of hydrogen-bond donors (Lipinski definition) is 0. The maximum absolute atomic E-state index is 5.23. The summed E-state index contributed by atoms with van der Waals surface area (Å²) in [6.07, 6.45) is 0. The third-order valence-corrected chi connectivity index (χ3v) is 12.0. The van der Waals surface area contributed by atoms with E-state index in [1.165, 1.54) is 38.6 Å². The Labute approximate surface area is 358 Å². The van der Waals surface area contributed by atoms with Crippen molar-refractivity contribution in [2.45, 2.75) is 0 Å². The lowest BCUT2D eigenvalue weighted by Crippen LogP contribution is -2.06. The molecule has 0 spiro atoms. The van der Waals surface area contributed by atoms with Crippen molar-refractivity contribution in [1.29, 1.82) is 0 Å². The predicted molar refractivity (Wildman–Crippen MR) is 256 cm³/mol. The summed E-state index contributed by atoms with van der Waals surface area (Å²) >= 11 is 0. The Balaban J connectivity index is 1.16. The fraction of sp³-hybridized carbons (Fsp3) is 0. The van der Waals surface area contributed by atoms with E-state index in [0.29, 0.717) is 17.6 Å². The van der Waals surface area contributed by atoms with Crippen molar-refractivity contribution in [2.24, 2.45) is 0 Å². The van der Waals surface area contributed by atoms with Crippen LogP contribution in [-0.4, -0.2) is 24.1 Å². The van der Waals surface area contributed by atoms with Crippen molar-refractivity contribution < 1.29 is 0 Å². The molecule has 0 radical (unpaired) electrons. The minimum atomic E-state index is 0.567. The van der Waals surface area contributed by atoms with Crippen molar-refractivity contribution in [3.05, 3.63) is 224 Å². The average molecular weight is 792 g/mol. The summed E-state index contributed by atoms with van der Waals surface area (Å²) in [5.41, 5.74) is 14.3. The van der Waals surface area contributed by atoms with Gasteiger partial charge in [0, 0.05) is 38.2 Å². The first-order valence-electron chi connectivity index (χ1n) is 21.0. The molecule has 0 aliphatic rings. The molecule has 12 aromatic rings. The molecule has 0 amide bonds. The molecule has 0 bridgehead atoms. The van der Waals surface area contributed by atoms with Crippen molar-refractivity contribution in [1.82, 2.24) is 24.1 Å². The molecule has 290 valence electrons. The molecule has 0 aliphatic carbocycles. The second-order valence-corrected chi connectivity index (χ2v) is 15.6. The van der Waals surface area contributed by atoms with E-state index in [9.17, 15) is 0 Å². The molecular formula is C57H37N5. The first-order chi connectivity index (χ1) is 30.8. The van der Waals surface area contributed by atoms with E-state index in [1.807, 2.05) is 36.4 Å². The first kappa shape index (κ1) is 35.5. The number of para-hydroxylation sites is 3. The highest BCUT2D eigenvalue weighted by Gasteiger charge is 2.24. The Morgan fingerprint density at radius 3 is 1.48 bits per heavy atom. The molecule has 0 fully saturated rings. The maximum Gasteiger partial charge on any atom is 0.238 e. The fourth-order valence-electron chi connectivity index (χ4n) is 9.21. The summed E-state index contributed by atoms with van der Waals surface area (Å²) in [5.74, 6) is 1.81. The van der Waals surface area contributed by atoms with Crippen LogP contribution in [0, 0.1) is 0 Å². The monoisotopic (exact) mass is 791 g/mol. The van der Waals surface area contributed by atoms with Crippen LogP contribution in [0.5, 0.6) is 0 Å². The van der Waals surface area contributed by atoms with Crippen molar-refractivity contribution >= 4 is 43.6 Å². The summed E-state index contributed by atoms with van der Waals surface area (Å²) in [6, 6.07) is 79.4. The summed E-state index contributed by atoms with van der Waals surface area (Å²) in [4.78, 5) is 15.5. The van der Waals surface area contributed by atoms with Gasteiger partial charge in [0.2, 0.25) is 5.95 Å². The highest BCUT2D eigenvalue weighted by atomic mass is 15.2. The standard InChI is InChI=1S/C57H37N5/c1-5-19-38(20-6-1)42-33-34-43(48(37-42)39-21-7-2-8-22-39)44-27-13-16-30-49(44)61-50-31-17-14-28-45(50)46-35-36-52-53(54(46)61)47-29-15-18-32-51(47)62(52)57-59-55(40-23-9-3-10-24-40)58-56(60-57)41-25-11-4-12-26-41/h1-37H. The average Bonchev–Trinajstić information content (AvgIpc) is 3.88. The second kappa shape index (κ2) is 14.7. The SMILES string of the molecule is c1ccc(-c2ccc(-c3ccccc3-n3c4ccccc4c4ccc5c(c6ccccc6n5-c5nc(-c6ccccc6)nc(-c6ccccc6)n5)c43)c(-c3ccccc3)c2)cc1. The van der Waals surface area contributed by atoms with Gasteiger partial charge in [0.1, 0.15) is 0 Å². The minimum absolute atomic E-state index is 0.567. The lowest BCUT2D eigenvalue weighted by Gasteiger charge is -2.18. The van der Waals surface area contributed by atoms with E-state index in [2.05, 4.69) is 197 Å². The van der Waals surface area contributed by atoms with Gasteiger partial charge in [-0.1, -0.05) is 194 Å². The molecule has 0 saturated carbocycles. The van der Waals surface area contributed by atoms with Crippen LogP contribution in [0.1, 0.15) is 0 Å². The highest BCUT2D eigenvalue weighted by molar-refractivity contribution is 6.26. The molecule has 0 atom stereocenters. The maximum atomic E-state index is 5.23. The van der Waals surface area contributed by atoms with Crippen LogP contribution < -0.4 is 0 Å². The van der Waals surface area contributed by atoms with Gasteiger partial charge in [0.05, 0.1) is 27.8 Å². The Kier molecular flexibility index (Phi) is 8.42. The van der Waals surface area contributed by atoms with E-state index in [1.54, 1.807) is 0 Å². The molecule has 62 heavy (non-hydrogen) atoms. The van der Waals surface area contributed by atoms with E-state index < -0.39 is 0 Å². The first-order valence-corrected chi connectivity index (χ1v) is 21.0. The smallest absolute Gasteiger partial charge is 0.238 e. The quantitative estimate of drug-likeness (QED) is 0.162. The normalized spacial score (nSPS) is 11.5.